The minimum atomic E-state index is -0.850. The molecule has 0 atom stereocenters. The maximum absolute atomic E-state index is 13.0. The smallest absolute Gasteiger partial charge is 0.185 e. The molecule has 0 aliphatic rings. The van der Waals surface area contributed by atoms with Gasteiger partial charge in [-0.15, -0.1) is 11.3 Å². The molecule has 0 saturated heterocycles. The Labute approximate surface area is 71.7 Å². The first-order chi connectivity index (χ1) is 5.70. The number of aryl methyl sites for hydroxylation is 1. The Morgan fingerprint density at radius 1 is 1.42 bits per heavy atom. The SMILES string of the molecule is Cc1cc(F)c(F)c2ncsc12. The molecule has 0 spiro atoms. The maximum atomic E-state index is 13.0. The molecule has 2 rings (SSSR count). The van der Waals surface area contributed by atoms with Crippen LogP contribution < -0.4 is 0 Å². The van der Waals surface area contributed by atoms with Crippen molar-refractivity contribution in [2.75, 3.05) is 0 Å². The van der Waals surface area contributed by atoms with E-state index < -0.39 is 11.6 Å². The van der Waals surface area contributed by atoms with Crippen LogP contribution in [0.4, 0.5) is 8.78 Å². The lowest BCUT2D eigenvalue weighted by Gasteiger charge is -1.96. The summed E-state index contributed by atoms with van der Waals surface area (Å²) in [6.07, 6.45) is 0. The molecule has 1 heterocycles. The summed E-state index contributed by atoms with van der Waals surface area (Å²) in [5.74, 6) is -1.68. The number of fused-ring (bicyclic) bond motifs is 1. The normalized spacial score (nSPS) is 10.9. The third-order valence-electron chi connectivity index (χ3n) is 1.69. The van der Waals surface area contributed by atoms with Crippen LogP contribution in [0.1, 0.15) is 5.56 Å². The van der Waals surface area contributed by atoms with Crippen LogP contribution in [0.5, 0.6) is 0 Å². The Kier molecular flexibility index (Phi) is 1.58. The van der Waals surface area contributed by atoms with Crippen LogP contribution in [-0.2, 0) is 0 Å². The molecule has 0 aliphatic carbocycles. The van der Waals surface area contributed by atoms with Crippen molar-refractivity contribution in [1.82, 2.24) is 4.98 Å². The Hall–Kier alpha value is -1.03. The van der Waals surface area contributed by atoms with Crippen LogP contribution in [-0.4, -0.2) is 4.98 Å². The monoisotopic (exact) mass is 185 g/mol. The van der Waals surface area contributed by atoms with Crippen LogP contribution in [0.2, 0.25) is 0 Å². The molecule has 0 N–H and O–H groups in total. The highest BCUT2D eigenvalue weighted by atomic mass is 32.1. The average molecular weight is 185 g/mol. The maximum Gasteiger partial charge on any atom is 0.185 e. The van der Waals surface area contributed by atoms with Crippen LogP contribution in [0, 0.1) is 18.6 Å². The molecule has 0 radical (unpaired) electrons. The Morgan fingerprint density at radius 3 is 2.92 bits per heavy atom. The van der Waals surface area contributed by atoms with E-state index in [4.69, 9.17) is 0 Å². The van der Waals surface area contributed by atoms with Crippen LogP contribution >= 0.6 is 11.3 Å². The summed E-state index contributed by atoms with van der Waals surface area (Å²) < 4.78 is 26.5. The van der Waals surface area contributed by atoms with E-state index in [0.29, 0.717) is 4.70 Å². The zero-order valence-electron chi connectivity index (χ0n) is 6.27. The number of benzene rings is 1. The number of thiazole rings is 1. The summed E-state index contributed by atoms with van der Waals surface area (Å²) in [5, 5.41) is 0. The molecule has 1 aromatic heterocycles. The van der Waals surface area contributed by atoms with Gasteiger partial charge in [0.25, 0.3) is 0 Å². The molecule has 0 saturated carbocycles. The van der Waals surface area contributed by atoms with Crippen LogP contribution in [0.15, 0.2) is 11.6 Å². The standard InChI is InChI=1S/C8H5F2NS/c1-4-2-5(9)6(10)7-8(4)12-3-11-7/h2-3H,1H3. The van der Waals surface area contributed by atoms with E-state index in [1.807, 2.05) is 0 Å². The van der Waals surface area contributed by atoms with Crippen molar-refractivity contribution in [2.24, 2.45) is 0 Å². The first-order valence-electron chi connectivity index (χ1n) is 3.38. The molecule has 12 heavy (non-hydrogen) atoms. The number of halogens is 2. The fourth-order valence-electron chi connectivity index (χ4n) is 1.11. The first kappa shape index (κ1) is 7.61. The van der Waals surface area contributed by atoms with Crippen molar-refractivity contribution in [3.8, 4) is 0 Å². The fourth-order valence-corrected chi connectivity index (χ4v) is 1.88. The van der Waals surface area contributed by atoms with E-state index in [1.165, 1.54) is 22.9 Å². The molecule has 2 aromatic rings. The number of aromatic nitrogens is 1. The van der Waals surface area contributed by atoms with Crippen molar-refractivity contribution < 1.29 is 8.78 Å². The van der Waals surface area contributed by atoms with Gasteiger partial charge in [-0.2, -0.15) is 0 Å². The Bertz CT molecular complexity index is 436. The topological polar surface area (TPSA) is 12.9 Å². The van der Waals surface area contributed by atoms with Crippen LogP contribution in [0.25, 0.3) is 10.2 Å². The quantitative estimate of drug-likeness (QED) is 0.615. The first-order valence-corrected chi connectivity index (χ1v) is 4.26. The van der Waals surface area contributed by atoms with Crippen molar-refractivity contribution >= 4 is 21.6 Å². The van der Waals surface area contributed by atoms with E-state index in [0.717, 1.165) is 5.56 Å². The zero-order chi connectivity index (χ0) is 8.72. The third-order valence-corrected chi connectivity index (χ3v) is 2.65. The molecular formula is C8H5F2NS. The summed E-state index contributed by atoms with van der Waals surface area (Å²) in [4.78, 5) is 3.74. The van der Waals surface area contributed by atoms with E-state index in [1.54, 1.807) is 6.92 Å². The summed E-state index contributed by atoms with van der Waals surface area (Å²) in [5.41, 5.74) is 2.38. The zero-order valence-corrected chi connectivity index (χ0v) is 7.08. The lowest BCUT2D eigenvalue weighted by atomic mass is 10.2. The van der Waals surface area contributed by atoms with Crippen LogP contribution in [0.3, 0.4) is 0 Å². The largest absolute Gasteiger partial charge is 0.241 e. The number of hydrogen-bond donors (Lipinski definition) is 0. The van der Waals surface area contributed by atoms with Gasteiger partial charge in [0.15, 0.2) is 11.6 Å². The van der Waals surface area contributed by atoms with Gasteiger partial charge in [0.2, 0.25) is 0 Å². The second-order valence-electron chi connectivity index (χ2n) is 2.52. The number of hydrogen-bond acceptors (Lipinski definition) is 2. The predicted octanol–water partition coefficient (Wildman–Crippen LogP) is 2.88. The summed E-state index contributed by atoms with van der Waals surface area (Å²) in [6, 6.07) is 1.19. The Balaban J connectivity index is 2.97. The van der Waals surface area contributed by atoms with E-state index in [-0.39, 0.29) is 5.52 Å². The molecule has 4 heteroatoms. The highest BCUT2D eigenvalue weighted by Crippen LogP contribution is 2.25. The van der Waals surface area contributed by atoms with Gasteiger partial charge in [0.1, 0.15) is 5.52 Å². The predicted molar refractivity (Wildman–Crippen MR) is 44.3 cm³/mol. The highest BCUT2D eigenvalue weighted by Gasteiger charge is 2.11. The molecule has 0 amide bonds. The lowest BCUT2D eigenvalue weighted by Crippen LogP contribution is -1.87. The molecule has 0 aliphatic heterocycles. The minimum Gasteiger partial charge on any atom is -0.241 e. The van der Waals surface area contributed by atoms with Gasteiger partial charge in [-0.3, -0.25) is 0 Å². The third kappa shape index (κ3) is 0.914. The van der Waals surface area contributed by atoms with Gasteiger partial charge in [0.05, 0.1) is 10.2 Å². The number of nitrogens with zero attached hydrogens (tertiary/aromatic N) is 1. The Morgan fingerprint density at radius 2 is 2.17 bits per heavy atom. The summed E-state index contributed by atoms with van der Waals surface area (Å²) >= 11 is 1.32. The van der Waals surface area contributed by atoms with Crippen molar-refractivity contribution in [1.29, 1.82) is 0 Å². The van der Waals surface area contributed by atoms with Gasteiger partial charge in [-0.25, -0.2) is 13.8 Å². The second-order valence-corrected chi connectivity index (χ2v) is 3.37. The van der Waals surface area contributed by atoms with Crippen molar-refractivity contribution in [3.63, 3.8) is 0 Å². The van der Waals surface area contributed by atoms with Crippen molar-refractivity contribution in [3.05, 3.63) is 28.8 Å². The van der Waals surface area contributed by atoms with Gasteiger partial charge >= 0.3 is 0 Å². The minimum absolute atomic E-state index is 0.137. The molecular weight excluding hydrogens is 180 g/mol. The van der Waals surface area contributed by atoms with Gasteiger partial charge < -0.3 is 0 Å². The molecule has 0 fully saturated rings. The van der Waals surface area contributed by atoms with E-state index >= 15 is 0 Å². The average Bonchev–Trinajstić information content (AvgIpc) is 2.48. The van der Waals surface area contributed by atoms with Gasteiger partial charge in [0, 0.05) is 0 Å². The summed E-state index contributed by atoms with van der Waals surface area (Å²) in [6.45, 7) is 1.74. The van der Waals surface area contributed by atoms with E-state index in [2.05, 4.69) is 4.98 Å². The van der Waals surface area contributed by atoms with Gasteiger partial charge in [-0.1, -0.05) is 0 Å². The molecule has 0 unspecified atom stereocenters. The highest BCUT2D eigenvalue weighted by molar-refractivity contribution is 7.16. The fraction of sp³-hybridized carbons (Fsp3) is 0.125. The molecule has 62 valence electrons. The van der Waals surface area contributed by atoms with Crippen molar-refractivity contribution in [2.45, 2.75) is 6.92 Å². The molecule has 1 nitrogen and oxygen atoms in total. The second kappa shape index (κ2) is 2.48. The van der Waals surface area contributed by atoms with Gasteiger partial charge in [-0.05, 0) is 18.6 Å². The lowest BCUT2D eigenvalue weighted by molar-refractivity contribution is 0.515. The number of rotatable bonds is 0. The van der Waals surface area contributed by atoms with E-state index in [9.17, 15) is 8.78 Å². The molecule has 0 bridgehead atoms. The molecule has 1 aromatic carbocycles. The summed E-state index contributed by atoms with van der Waals surface area (Å²) in [7, 11) is 0.